The van der Waals surface area contributed by atoms with Crippen LogP contribution in [0.25, 0.3) is 0 Å². The van der Waals surface area contributed by atoms with E-state index in [9.17, 15) is 8.60 Å². The second-order valence-corrected chi connectivity index (χ2v) is 7.26. The summed E-state index contributed by atoms with van der Waals surface area (Å²) in [4.78, 5) is 0.918. The molecule has 1 rings (SSSR count). The van der Waals surface area contributed by atoms with Crippen LogP contribution < -0.4 is 0 Å². The van der Waals surface area contributed by atoms with Crippen LogP contribution in [0, 0.1) is 5.82 Å². The number of halogens is 1. The zero-order valence-electron chi connectivity index (χ0n) is 10.4. The van der Waals surface area contributed by atoms with Crippen molar-refractivity contribution in [2.45, 2.75) is 30.4 Å². The SMILES string of the molecule is CSc1ccc(F)cc1/C=N\S(=O)C(C)(C)C. The predicted molar refractivity (Wildman–Crippen MR) is 73.7 cm³/mol. The molecule has 2 nitrogen and oxygen atoms in total. The summed E-state index contributed by atoms with van der Waals surface area (Å²) in [6, 6.07) is 4.50. The van der Waals surface area contributed by atoms with E-state index < -0.39 is 15.7 Å². The fourth-order valence-electron chi connectivity index (χ4n) is 1.07. The molecule has 0 fully saturated rings. The second kappa shape index (κ2) is 5.78. The average Bonchev–Trinajstić information content (AvgIpc) is 2.24. The highest BCUT2D eigenvalue weighted by atomic mass is 32.2. The minimum Gasteiger partial charge on any atom is -0.234 e. The summed E-state index contributed by atoms with van der Waals surface area (Å²) in [7, 11) is -1.32. The van der Waals surface area contributed by atoms with Crippen molar-refractivity contribution < 1.29 is 8.60 Å². The van der Waals surface area contributed by atoms with Crippen molar-refractivity contribution in [2.24, 2.45) is 4.40 Å². The van der Waals surface area contributed by atoms with Crippen molar-refractivity contribution in [1.82, 2.24) is 0 Å². The maximum atomic E-state index is 13.1. The molecule has 94 valence electrons. The van der Waals surface area contributed by atoms with Gasteiger partial charge in [0, 0.05) is 16.7 Å². The maximum absolute atomic E-state index is 13.1. The van der Waals surface area contributed by atoms with Gasteiger partial charge < -0.3 is 0 Å². The Morgan fingerprint density at radius 3 is 2.59 bits per heavy atom. The summed E-state index contributed by atoms with van der Waals surface area (Å²) in [5.41, 5.74) is 0.662. The van der Waals surface area contributed by atoms with Gasteiger partial charge in [0.25, 0.3) is 0 Å². The molecule has 0 saturated carbocycles. The Bertz CT molecular complexity index is 452. The van der Waals surface area contributed by atoms with E-state index in [2.05, 4.69) is 4.40 Å². The first-order valence-electron chi connectivity index (χ1n) is 5.14. The summed E-state index contributed by atoms with van der Waals surface area (Å²) in [5.74, 6) is -0.314. The number of thioether (sulfide) groups is 1. The lowest BCUT2D eigenvalue weighted by atomic mass is 10.2. The van der Waals surface area contributed by atoms with E-state index in [0.29, 0.717) is 5.56 Å². The Morgan fingerprint density at radius 2 is 2.06 bits per heavy atom. The lowest BCUT2D eigenvalue weighted by Crippen LogP contribution is -2.19. The molecule has 1 aromatic rings. The third kappa shape index (κ3) is 4.24. The van der Waals surface area contributed by atoms with Crippen LogP contribution in [0.3, 0.4) is 0 Å². The fraction of sp³-hybridized carbons (Fsp3) is 0.417. The fourth-order valence-corrected chi connectivity index (χ4v) is 2.15. The van der Waals surface area contributed by atoms with Crippen LogP contribution in [-0.4, -0.2) is 21.4 Å². The standard InChI is InChI=1S/C12H16FNOS2/c1-12(2,3)17(15)14-8-9-7-10(13)5-6-11(9)16-4/h5-8H,1-4H3/b14-8-. The van der Waals surface area contributed by atoms with Gasteiger partial charge in [0.15, 0.2) is 0 Å². The zero-order valence-corrected chi connectivity index (χ0v) is 12.0. The monoisotopic (exact) mass is 273 g/mol. The Balaban J connectivity index is 2.98. The van der Waals surface area contributed by atoms with Crippen LogP contribution in [0.5, 0.6) is 0 Å². The normalized spacial score (nSPS) is 14.2. The minimum absolute atomic E-state index is 0.314. The molecule has 0 aliphatic rings. The van der Waals surface area contributed by atoms with Gasteiger partial charge in [-0.05, 0) is 45.2 Å². The summed E-state index contributed by atoms with van der Waals surface area (Å²) >= 11 is 1.51. The third-order valence-corrected chi connectivity index (χ3v) is 4.16. The van der Waals surface area contributed by atoms with Crippen LogP contribution in [0.2, 0.25) is 0 Å². The molecule has 1 atom stereocenters. The Morgan fingerprint density at radius 1 is 1.41 bits per heavy atom. The van der Waals surface area contributed by atoms with Gasteiger partial charge in [-0.15, -0.1) is 11.8 Å². The van der Waals surface area contributed by atoms with Crippen molar-refractivity contribution in [3.8, 4) is 0 Å². The Hall–Kier alpha value is -0.680. The van der Waals surface area contributed by atoms with Crippen molar-refractivity contribution in [3.05, 3.63) is 29.6 Å². The second-order valence-electron chi connectivity index (χ2n) is 4.48. The molecule has 0 N–H and O–H groups in total. The molecular formula is C12H16FNOS2. The largest absolute Gasteiger partial charge is 0.234 e. The van der Waals surface area contributed by atoms with Gasteiger partial charge in [0.05, 0.1) is 4.75 Å². The van der Waals surface area contributed by atoms with E-state index in [1.807, 2.05) is 27.0 Å². The van der Waals surface area contributed by atoms with Crippen molar-refractivity contribution in [1.29, 1.82) is 0 Å². The smallest absolute Gasteiger partial charge is 0.144 e. The van der Waals surface area contributed by atoms with Gasteiger partial charge in [-0.1, -0.05) is 0 Å². The molecule has 0 heterocycles. The van der Waals surface area contributed by atoms with Crippen LogP contribution in [0.1, 0.15) is 26.3 Å². The van der Waals surface area contributed by atoms with Gasteiger partial charge in [-0.25, -0.2) is 8.60 Å². The summed E-state index contributed by atoms with van der Waals surface area (Å²) in [6.07, 6.45) is 3.39. The summed E-state index contributed by atoms with van der Waals surface area (Å²) < 4.78 is 28.4. The molecule has 0 bridgehead atoms. The molecule has 1 unspecified atom stereocenters. The zero-order chi connectivity index (χ0) is 13.1. The highest BCUT2D eigenvalue weighted by Gasteiger charge is 2.18. The van der Waals surface area contributed by atoms with Crippen LogP contribution in [0.4, 0.5) is 4.39 Å². The van der Waals surface area contributed by atoms with Gasteiger partial charge in [-0.2, -0.15) is 4.40 Å². The molecule has 0 spiro atoms. The first kappa shape index (κ1) is 14.4. The van der Waals surface area contributed by atoms with Crippen LogP contribution >= 0.6 is 11.8 Å². The van der Waals surface area contributed by atoms with E-state index in [-0.39, 0.29) is 5.82 Å². The molecule has 17 heavy (non-hydrogen) atoms. The van der Waals surface area contributed by atoms with E-state index in [1.165, 1.54) is 30.1 Å². The Kier molecular flexibility index (Phi) is 4.89. The molecule has 5 heteroatoms. The number of rotatable bonds is 3. The molecule has 0 amide bonds. The summed E-state index contributed by atoms with van der Waals surface area (Å²) in [6.45, 7) is 5.55. The predicted octanol–water partition coefficient (Wildman–Crippen LogP) is 3.43. The van der Waals surface area contributed by atoms with E-state index in [4.69, 9.17) is 0 Å². The molecule has 0 aromatic heterocycles. The van der Waals surface area contributed by atoms with E-state index in [1.54, 1.807) is 6.07 Å². The number of benzene rings is 1. The molecule has 0 aliphatic carbocycles. The van der Waals surface area contributed by atoms with Gasteiger partial charge in [-0.3, -0.25) is 0 Å². The summed E-state index contributed by atoms with van der Waals surface area (Å²) in [5, 5.41) is 0. The van der Waals surface area contributed by atoms with E-state index in [0.717, 1.165) is 4.90 Å². The molecule has 0 radical (unpaired) electrons. The van der Waals surface area contributed by atoms with Gasteiger partial charge >= 0.3 is 0 Å². The lowest BCUT2D eigenvalue weighted by molar-refractivity contribution is 0.626. The van der Waals surface area contributed by atoms with Gasteiger partial charge in [0.1, 0.15) is 16.8 Å². The molecule has 0 saturated heterocycles. The van der Waals surface area contributed by atoms with E-state index >= 15 is 0 Å². The molecular weight excluding hydrogens is 257 g/mol. The first-order valence-corrected chi connectivity index (χ1v) is 7.47. The van der Waals surface area contributed by atoms with Gasteiger partial charge in [0.2, 0.25) is 0 Å². The highest BCUT2D eigenvalue weighted by molar-refractivity contribution is 7.98. The minimum atomic E-state index is -1.32. The topological polar surface area (TPSA) is 29.4 Å². The van der Waals surface area contributed by atoms with Crippen LogP contribution in [-0.2, 0) is 11.0 Å². The first-order chi connectivity index (χ1) is 7.84. The number of nitrogens with zero attached hydrogens (tertiary/aromatic N) is 1. The Labute approximate surface area is 108 Å². The highest BCUT2D eigenvalue weighted by Crippen LogP contribution is 2.20. The third-order valence-electron chi connectivity index (χ3n) is 2.00. The lowest BCUT2D eigenvalue weighted by Gasteiger charge is -2.12. The van der Waals surface area contributed by atoms with Crippen molar-refractivity contribution in [3.63, 3.8) is 0 Å². The number of hydrogen-bond donors (Lipinski definition) is 0. The number of hydrogen-bond acceptors (Lipinski definition) is 2. The van der Waals surface area contributed by atoms with Crippen molar-refractivity contribution in [2.75, 3.05) is 6.26 Å². The maximum Gasteiger partial charge on any atom is 0.144 e. The molecule has 0 aliphatic heterocycles. The average molecular weight is 273 g/mol. The van der Waals surface area contributed by atoms with Crippen LogP contribution in [0.15, 0.2) is 27.5 Å². The quantitative estimate of drug-likeness (QED) is 0.624. The van der Waals surface area contributed by atoms with Crippen molar-refractivity contribution >= 4 is 29.0 Å². The molecule has 1 aromatic carbocycles.